The molecule has 0 amide bonds. The number of aromatic amines is 2. The number of hydrogen-bond acceptors (Lipinski definition) is 7. The highest BCUT2D eigenvalue weighted by Gasteiger charge is 2.26. The van der Waals surface area contributed by atoms with E-state index >= 15 is 0 Å². The normalized spacial score (nSPS) is 14.1. The van der Waals surface area contributed by atoms with Gasteiger partial charge in [0.1, 0.15) is 5.69 Å². The van der Waals surface area contributed by atoms with Crippen molar-refractivity contribution in [1.29, 1.82) is 0 Å². The molecule has 4 aromatic rings. The lowest BCUT2D eigenvalue weighted by atomic mass is 10.2. The van der Waals surface area contributed by atoms with Gasteiger partial charge in [0, 0.05) is 22.7 Å². The number of nitrogen functional groups attached to an aromatic ring is 1. The van der Waals surface area contributed by atoms with Gasteiger partial charge < -0.3 is 11.1 Å². The quantitative estimate of drug-likeness (QED) is 0.450. The maximum Gasteiger partial charge on any atom is 0.249 e. The molecule has 0 saturated heterocycles. The second-order valence-corrected chi connectivity index (χ2v) is 6.15. The van der Waals surface area contributed by atoms with E-state index in [1.54, 1.807) is 6.20 Å². The maximum absolute atomic E-state index is 6.06. The fourth-order valence-corrected chi connectivity index (χ4v) is 2.78. The summed E-state index contributed by atoms with van der Waals surface area (Å²) in [4.78, 5) is 4.30. The van der Waals surface area contributed by atoms with E-state index in [0.29, 0.717) is 23.3 Å². The second-order valence-electron chi connectivity index (χ2n) is 6.15. The summed E-state index contributed by atoms with van der Waals surface area (Å²) in [7, 11) is 0. The first kappa shape index (κ1) is 13.9. The molecule has 5 N–H and O–H groups in total. The van der Waals surface area contributed by atoms with Crippen molar-refractivity contribution in [1.82, 2.24) is 35.6 Å². The Balaban J connectivity index is 1.41. The molecule has 5 rings (SSSR count). The maximum atomic E-state index is 6.06. The number of benzene rings is 1. The Kier molecular flexibility index (Phi) is 2.93. The van der Waals surface area contributed by atoms with E-state index in [1.165, 1.54) is 12.8 Å². The van der Waals surface area contributed by atoms with Crippen molar-refractivity contribution in [2.75, 3.05) is 11.1 Å². The lowest BCUT2D eigenvalue weighted by Crippen LogP contribution is -2.05. The van der Waals surface area contributed by atoms with Crippen molar-refractivity contribution in [3.63, 3.8) is 0 Å². The third-order valence-corrected chi connectivity index (χ3v) is 4.27. The number of aromatic nitrogens is 7. The zero-order valence-electron chi connectivity index (χ0n) is 13.2. The second kappa shape index (κ2) is 5.26. The first-order valence-electron chi connectivity index (χ1n) is 8.02. The zero-order valence-corrected chi connectivity index (χ0v) is 13.2. The fraction of sp³-hybridized carbons (Fsp3) is 0.188. The predicted octanol–water partition coefficient (Wildman–Crippen LogP) is 2.34. The minimum Gasteiger partial charge on any atom is -0.382 e. The molecule has 1 saturated carbocycles. The van der Waals surface area contributed by atoms with E-state index in [0.717, 1.165) is 22.3 Å². The van der Waals surface area contributed by atoms with Gasteiger partial charge in [-0.25, -0.2) is 0 Å². The monoisotopic (exact) mass is 333 g/mol. The molecular weight excluding hydrogens is 318 g/mol. The molecule has 25 heavy (non-hydrogen) atoms. The molecule has 1 fully saturated rings. The SMILES string of the molecule is Nc1nc(Nc2ccc3cn[nH]c3c2)nnc1-c1cc(C2CC2)[nH]n1. The van der Waals surface area contributed by atoms with Gasteiger partial charge in [0.15, 0.2) is 11.5 Å². The summed E-state index contributed by atoms with van der Waals surface area (Å²) >= 11 is 0. The number of hydrogen-bond donors (Lipinski definition) is 4. The predicted molar refractivity (Wildman–Crippen MR) is 93.2 cm³/mol. The van der Waals surface area contributed by atoms with Crippen LogP contribution >= 0.6 is 0 Å². The van der Waals surface area contributed by atoms with Gasteiger partial charge in [-0.05, 0) is 37.1 Å². The van der Waals surface area contributed by atoms with E-state index in [4.69, 9.17) is 5.73 Å². The summed E-state index contributed by atoms with van der Waals surface area (Å²) in [5.41, 5.74) is 10.1. The van der Waals surface area contributed by atoms with Gasteiger partial charge in [0.05, 0.1) is 11.7 Å². The topological polar surface area (TPSA) is 134 Å². The molecule has 1 aliphatic rings. The molecular formula is C16H15N9. The number of H-pyrrole nitrogens is 2. The molecule has 3 aromatic heterocycles. The molecule has 9 heteroatoms. The van der Waals surface area contributed by atoms with Crippen molar-refractivity contribution in [3.05, 3.63) is 36.2 Å². The van der Waals surface area contributed by atoms with Gasteiger partial charge >= 0.3 is 0 Å². The average Bonchev–Trinajstić information content (AvgIpc) is 3.16. The van der Waals surface area contributed by atoms with Crippen molar-refractivity contribution in [2.45, 2.75) is 18.8 Å². The van der Waals surface area contributed by atoms with Crippen molar-refractivity contribution in [2.24, 2.45) is 0 Å². The Morgan fingerprint density at radius 3 is 2.88 bits per heavy atom. The Bertz CT molecular complexity index is 1060. The van der Waals surface area contributed by atoms with Gasteiger partial charge in [-0.3, -0.25) is 10.2 Å². The van der Waals surface area contributed by atoms with Crippen LogP contribution in [-0.2, 0) is 0 Å². The molecule has 0 aliphatic heterocycles. The summed E-state index contributed by atoms with van der Waals surface area (Å²) in [6.45, 7) is 0. The van der Waals surface area contributed by atoms with Crippen LogP contribution in [0.15, 0.2) is 30.5 Å². The van der Waals surface area contributed by atoms with E-state index in [1.807, 2.05) is 24.3 Å². The Hall–Kier alpha value is -3.49. The van der Waals surface area contributed by atoms with Gasteiger partial charge in [-0.15, -0.1) is 10.2 Å². The van der Waals surface area contributed by atoms with Gasteiger partial charge in [0.25, 0.3) is 0 Å². The first-order chi connectivity index (χ1) is 12.3. The van der Waals surface area contributed by atoms with Gasteiger partial charge in [0.2, 0.25) is 5.95 Å². The van der Waals surface area contributed by atoms with Crippen molar-refractivity contribution >= 4 is 28.4 Å². The van der Waals surface area contributed by atoms with Crippen LogP contribution in [0.1, 0.15) is 24.5 Å². The number of nitrogens with zero attached hydrogens (tertiary/aromatic N) is 5. The van der Waals surface area contributed by atoms with Crippen LogP contribution in [0.2, 0.25) is 0 Å². The van der Waals surface area contributed by atoms with Gasteiger partial charge in [-0.1, -0.05) is 0 Å². The molecule has 0 bridgehead atoms. The van der Waals surface area contributed by atoms with E-state index < -0.39 is 0 Å². The van der Waals surface area contributed by atoms with Crippen LogP contribution in [0, 0.1) is 0 Å². The number of rotatable bonds is 4. The Labute approximate surface area is 142 Å². The number of nitrogens with two attached hydrogens (primary N) is 1. The molecule has 1 aliphatic carbocycles. The third kappa shape index (κ3) is 2.55. The molecule has 9 nitrogen and oxygen atoms in total. The Morgan fingerprint density at radius 1 is 1.12 bits per heavy atom. The summed E-state index contributed by atoms with van der Waals surface area (Å²) in [5.74, 6) is 1.20. The zero-order chi connectivity index (χ0) is 16.8. The molecule has 0 unspecified atom stereocenters. The number of nitrogens with one attached hydrogen (secondary N) is 3. The fourth-order valence-electron chi connectivity index (χ4n) is 2.78. The molecule has 0 atom stereocenters. The van der Waals surface area contributed by atoms with E-state index in [2.05, 4.69) is 40.9 Å². The van der Waals surface area contributed by atoms with Crippen LogP contribution in [0.5, 0.6) is 0 Å². The highest BCUT2D eigenvalue weighted by atomic mass is 15.3. The van der Waals surface area contributed by atoms with E-state index in [9.17, 15) is 0 Å². The van der Waals surface area contributed by atoms with E-state index in [-0.39, 0.29) is 5.82 Å². The van der Waals surface area contributed by atoms with Crippen LogP contribution in [0.25, 0.3) is 22.3 Å². The summed E-state index contributed by atoms with van der Waals surface area (Å²) in [6, 6.07) is 7.76. The third-order valence-electron chi connectivity index (χ3n) is 4.27. The highest BCUT2D eigenvalue weighted by molar-refractivity contribution is 5.82. The lowest BCUT2D eigenvalue weighted by molar-refractivity contribution is 0.954. The molecule has 0 radical (unpaired) electrons. The highest BCUT2D eigenvalue weighted by Crippen LogP contribution is 2.40. The lowest BCUT2D eigenvalue weighted by Gasteiger charge is -2.06. The smallest absolute Gasteiger partial charge is 0.249 e. The van der Waals surface area contributed by atoms with Crippen LogP contribution in [0.4, 0.5) is 17.5 Å². The molecule has 3 heterocycles. The number of anilines is 3. The largest absolute Gasteiger partial charge is 0.382 e. The minimum absolute atomic E-state index is 0.286. The van der Waals surface area contributed by atoms with Crippen LogP contribution < -0.4 is 11.1 Å². The van der Waals surface area contributed by atoms with Crippen molar-refractivity contribution < 1.29 is 0 Å². The molecule has 1 aromatic carbocycles. The van der Waals surface area contributed by atoms with Crippen LogP contribution in [0.3, 0.4) is 0 Å². The summed E-state index contributed by atoms with van der Waals surface area (Å²) in [6.07, 6.45) is 4.17. The number of fused-ring (bicyclic) bond motifs is 1. The molecule has 124 valence electrons. The first-order valence-corrected chi connectivity index (χ1v) is 8.02. The minimum atomic E-state index is 0.286. The average molecular weight is 333 g/mol. The standard InChI is InChI=1S/C16H15N9/c17-15-14(13-6-12(22-23-13)8-1-2-8)24-25-16(20-15)19-10-4-3-9-7-18-21-11(9)5-10/h3-8H,1-2H2,(H,18,21)(H,22,23)(H3,17,19,20,25). The Morgan fingerprint density at radius 2 is 2.04 bits per heavy atom. The van der Waals surface area contributed by atoms with Crippen LogP contribution in [-0.4, -0.2) is 35.6 Å². The van der Waals surface area contributed by atoms with Gasteiger partial charge in [-0.2, -0.15) is 15.2 Å². The molecule has 0 spiro atoms. The summed E-state index contributed by atoms with van der Waals surface area (Å²) in [5, 5.41) is 26.7. The van der Waals surface area contributed by atoms with Crippen molar-refractivity contribution in [3.8, 4) is 11.4 Å². The summed E-state index contributed by atoms with van der Waals surface area (Å²) < 4.78 is 0.